The number of aromatic nitrogens is 3. The number of nitrogens with two attached hydrogens (primary N) is 1. The minimum atomic E-state index is -4.35. The van der Waals surface area contributed by atoms with Crippen LogP contribution in [0.5, 0.6) is 0 Å². The van der Waals surface area contributed by atoms with E-state index in [1.165, 1.54) is 6.07 Å². The zero-order chi connectivity index (χ0) is 27.3. The van der Waals surface area contributed by atoms with E-state index in [9.17, 15) is 18.0 Å². The number of sulfonamides is 1. The van der Waals surface area contributed by atoms with Crippen LogP contribution in [-0.4, -0.2) is 35.3 Å². The van der Waals surface area contributed by atoms with Crippen molar-refractivity contribution in [3.05, 3.63) is 89.1 Å². The number of halogens is 1. The van der Waals surface area contributed by atoms with Crippen molar-refractivity contribution in [2.75, 3.05) is 0 Å². The molecule has 0 aliphatic rings. The van der Waals surface area contributed by atoms with Gasteiger partial charge in [-0.1, -0.05) is 67.4 Å². The third-order valence-corrected chi connectivity index (χ3v) is 7.64. The van der Waals surface area contributed by atoms with Crippen molar-refractivity contribution in [1.82, 2.24) is 19.3 Å². The van der Waals surface area contributed by atoms with E-state index < -0.39 is 16.1 Å². The number of amides is 2. The molecule has 0 radical (unpaired) electrons. The Morgan fingerprint density at radius 2 is 1.82 bits per heavy atom. The second kappa shape index (κ2) is 11.6. The largest absolute Gasteiger partial charge is 0.351 e. The van der Waals surface area contributed by atoms with Crippen LogP contribution in [0.2, 0.25) is 5.15 Å². The van der Waals surface area contributed by atoms with Gasteiger partial charge in [0.1, 0.15) is 11.5 Å². The molecule has 2 amide bonds. The lowest BCUT2D eigenvalue weighted by molar-refractivity contribution is 0.111. The maximum Gasteiger partial charge on any atom is 0.326 e. The quantitative estimate of drug-likeness (QED) is 0.271. The Bertz CT molecular complexity index is 1590. The Labute approximate surface area is 225 Å². The highest BCUT2D eigenvalue weighted by atomic mass is 35.5. The molecule has 4 aromatic rings. The van der Waals surface area contributed by atoms with E-state index in [1.54, 1.807) is 41.1 Å². The van der Waals surface area contributed by atoms with Crippen molar-refractivity contribution < 1.29 is 18.0 Å². The van der Waals surface area contributed by atoms with Gasteiger partial charge in [0.25, 0.3) is 10.0 Å². The molecule has 0 fully saturated rings. The predicted molar refractivity (Wildman–Crippen MR) is 145 cm³/mol. The summed E-state index contributed by atoms with van der Waals surface area (Å²) in [6.45, 7) is 2.19. The van der Waals surface area contributed by atoms with E-state index in [4.69, 9.17) is 17.3 Å². The fourth-order valence-corrected chi connectivity index (χ4v) is 5.63. The molecule has 0 unspecified atom stereocenters. The summed E-state index contributed by atoms with van der Waals surface area (Å²) in [4.78, 5) is 32.0. The summed E-state index contributed by atoms with van der Waals surface area (Å²) in [6, 6.07) is 16.4. The molecule has 38 heavy (non-hydrogen) atoms. The Morgan fingerprint density at radius 3 is 2.47 bits per heavy atom. The minimum Gasteiger partial charge on any atom is -0.351 e. The number of imidazole rings is 1. The minimum absolute atomic E-state index is 0.0928. The van der Waals surface area contributed by atoms with Crippen LogP contribution >= 0.6 is 11.6 Å². The van der Waals surface area contributed by atoms with Gasteiger partial charge in [-0.3, -0.25) is 9.78 Å². The number of benzene rings is 2. The number of unbranched alkanes of at least 4 members (excludes halogenated alkanes) is 1. The van der Waals surface area contributed by atoms with Gasteiger partial charge in [-0.25, -0.2) is 22.9 Å². The number of nitrogens with one attached hydrogen (secondary N) is 1. The highest BCUT2D eigenvalue weighted by molar-refractivity contribution is 7.90. The molecule has 2 aromatic carbocycles. The van der Waals surface area contributed by atoms with E-state index in [1.807, 2.05) is 35.9 Å². The number of rotatable bonds is 10. The maximum atomic E-state index is 13.3. The maximum absolute atomic E-state index is 13.3. The van der Waals surface area contributed by atoms with Gasteiger partial charge in [0, 0.05) is 30.3 Å². The monoisotopic (exact) mass is 551 g/mol. The molecule has 0 atom stereocenters. The number of pyridine rings is 1. The fraction of sp³-hybridized carbons (Fsp3) is 0.185. The lowest BCUT2D eigenvalue weighted by Crippen LogP contribution is -2.35. The number of aryl methyl sites for hydroxylation is 1. The lowest BCUT2D eigenvalue weighted by Gasteiger charge is -2.17. The molecule has 11 heteroatoms. The van der Waals surface area contributed by atoms with Gasteiger partial charge >= 0.3 is 6.03 Å². The first-order chi connectivity index (χ1) is 18.2. The second-order valence-corrected chi connectivity index (χ2v) is 10.6. The lowest BCUT2D eigenvalue weighted by atomic mass is 9.96. The summed E-state index contributed by atoms with van der Waals surface area (Å²) in [7, 11) is -4.35. The molecule has 0 saturated heterocycles. The third-order valence-electron chi connectivity index (χ3n) is 5.98. The first kappa shape index (κ1) is 27.0. The molecule has 196 valence electrons. The molecule has 2 aromatic heterocycles. The summed E-state index contributed by atoms with van der Waals surface area (Å²) >= 11 is 6.21. The van der Waals surface area contributed by atoms with Crippen LogP contribution < -0.4 is 10.5 Å². The number of hydrogen-bond donors (Lipinski definition) is 2. The summed E-state index contributed by atoms with van der Waals surface area (Å²) < 4.78 is 30.1. The van der Waals surface area contributed by atoms with Crippen LogP contribution in [0.25, 0.3) is 22.4 Å². The Kier molecular flexibility index (Phi) is 8.23. The molecule has 9 nitrogen and oxygen atoms in total. The van der Waals surface area contributed by atoms with Crippen molar-refractivity contribution in [2.24, 2.45) is 5.73 Å². The van der Waals surface area contributed by atoms with Gasteiger partial charge in [0.15, 0.2) is 11.4 Å². The standard InChI is InChI=1S/C27H26ClN5O4S/c1-2-3-11-25-31-26(28)23(17-34)33(25)16-18-12-13-21(24(15-18)38(36,37)32-27(29)35)19-8-4-5-9-20(19)22-10-6-7-14-30-22/h4-10,12-15,17H,2-3,11,16H2,1H3,(H3,29,32,35). The Morgan fingerprint density at radius 1 is 1.08 bits per heavy atom. The number of urea groups is 1. The first-order valence-corrected chi connectivity index (χ1v) is 13.8. The number of nitrogens with zero attached hydrogens (tertiary/aromatic N) is 3. The van der Waals surface area contributed by atoms with Crippen molar-refractivity contribution in [1.29, 1.82) is 0 Å². The highest BCUT2D eigenvalue weighted by Crippen LogP contribution is 2.35. The van der Waals surface area contributed by atoms with Crippen molar-refractivity contribution in [2.45, 2.75) is 37.6 Å². The molecular weight excluding hydrogens is 526 g/mol. The van der Waals surface area contributed by atoms with Crippen LogP contribution in [0.3, 0.4) is 0 Å². The summed E-state index contributed by atoms with van der Waals surface area (Å²) in [6.07, 6.45) is 4.66. The van der Waals surface area contributed by atoms with E-state index >= 15 is 0 Å². The molecule has 0 spiro atoms. The normalized spacial score (nSPS) is 11.3. The number of carbonyl (C=O) groups excluding carboxylic acids is 2. The molecule has 0 bridgehead atoms. The Balaban J connectivity index is 1.88. The van der Waals surface area contributed by atoms with E-state index in [0.717, 1.165) is 12.8 Å². The van der Waals surface area contributed by atoms with Gasteiger partial charge in [-0.05, 0) is 35.7 Å². The average molecular weight is 552 g/mol. The van der Waals surface area contributed by atoms with Crippen molar-refractivity contribution in [3.63, 3.8) is 0 Å². The topological polar surface area (TPSA) is 137 Å². The zero-order valence-electron chi connectivity index (χ0n) is 20.6. The third kappa shape index (κ3) is 5.76. The van der Waals surface area contributed by atoms with E-state index in [-0.39, 0.29) is 22.3 Å². The van der Waals surface area contributed by atoms with E-state index in [2.05, 4.69) is 9.97 Å². The van der Waals surface area contributed by atoms with Crippen molar-refractivity contribution in [3.8, 4) is 22.4 Å². The van der Waals surface area contributed by atoms with Gasteiger partial charge in [-0.2, -0.15) is 0 Å². The van der Waals surface area contributed by atoms with E-state index in [0.29, 0.717) is 46.5 Å². The number of hydrogen-bond acceptors (Lipinski definition) is 6. The second-order valence-electron chi connectivity index (χ2n) is 8.57. The number of primary amides is 1. The SMILES string of the molecule is CCCCc1nc(Cl)c(C=O)n1Cc1ccc(-c2ccccc2-c2ccccn2)c(S(=O)(=O)NC(N)=O)c1. The molecule has 3 N–H and O–H groups in total. The molecule has 0 aliphatic heterocycles. The first-order valence-electron chi connectivity index (χ1n) is 11.9. The highest BCUT2D eigenvalue weighted by Gasteiger charge is 2.24. The fourth-order valence-electron chi connectivity index (χ4n) is 4.24. The molecule has 0 saturated carbocycles. The predicted octanol–water partition coefficient (Wildman–Crippen LogP) is 4.83. The van der Waals surface area contributed by atoms with Crippen LogP contribution in [0, 0.1) is 0 Å². The van der Waals surface area contributed by atoms with Gasteiger partial charge in [0.2, 0.25) is 0 Å². The molecule has 2 heterocycles. The zero-order valence-corrected chi connectivity index (χ0v) is 22.2. The summed E-state index contributed by atoms with van der Waals surface area (Å²) in [5.41, 5.74) is 8.28. The summed E-state index contributed by atoms with van der Waals surface area (Å²) in [5, 5.41) is 0.0928. The Hall–Kier alpha value is -4.02. The van der Waals surface area contributed by atoms with Crippen LogP contribution in [-0.2, 0) is 23.0 Å². The molecule has 4 rings (SSSR count). The number of carbonyl (C=O) groups is 2. The van der Waals surface area contributed by atoms with Gasteiger partial charge < -0.3 is 10.3 Å². The average Bonchev–Trinajstić information content (AvgIpc) is 3.20. The van der Waals surface area contributed by atoms with Crippen molar-refractivity contribution >= 4 is 33.9 Å². The summed E-state index contributed by atoms with van der Waals surface area (Å²) in [5.74, 6) is 0.628. The van der Waals surface area contributed by atoms with Gasteiger partial charge in [-0.15, -0.1) is 0 Å². The molecular formula is C27H26ClN5O4S. The van der Waals surface area contributed by atoms with Crippen LogP contribution in [0.4, 0.5) is 4.79 Å². The molecule has 0 aliphatic carbocycles. The smallest absolute Gasteiger partial charge is 0.326 e. The number of aldehydes is 1. The van der Waals surface area contributed by atoms with Crippen LogP contribution in [0.15, 0.2) is 71.8 Å². The van der Waals surface area contributed by atoms with Crippen LogP contribution in [0.1, 0.15) is 41.6 Å². The van der Waals surface area contributed by atoms with Gasteiger partial charge in [0.05, 0.1) is 10.6 Å².